The Bertz CT molecular complexity index is 583. The second-order valence-corrected chi connectivity index (χ2v) is 5.78. The van der Waals surface area contributed by atoms with Crippen LogP contribution in [0.2, 0.25) is 5.02 Å². The minimum atomic E-state index is -0.813. The number of hydrogen-bond acceptors (Lipinski definition) is 2. The number of halogens is 2. The van der Waals surface area contributed by atoms with Crippen LogP contribution in [0.4, 0.5) is 4.39 Å². The van der Waals surface area contributed by atoms with Crippen molar-refractivity contribution in [1.82, 2.24) is 0 Å². The lowest BCUT2D eigenvalue weighted by molar-refractivity contribution is 0.0541. The molecule has 0 aliphatic carbocycles. The molecule has 0 fully saturated rings. The highest BCUT2D eigenvalue weighted by Crippen LogP contribution is 2.30. The Kier molecular flexibility index (Phi) is 5.34. The van der Waals surface area contributed by atoms with E-state index in [2.05, 4.69) is 0 Å². The van der Waals surface area contributed by atoms with Gasteiger partial charge in [-0.25, -0.2) is 4.39 Å². The lowest BCUT2D eigenvalue weighted by Gasteiger charge is -2.30. The number of aliphatic hydroxyl groups is 2. The van der Waals surface area contributed by atoms with Gasteiger partial charge in [0.25, 0.3) is 0 Å². The zero-order valence-corrected chi connectivity index (χ0v) is 12.4. The molecule has 2 rings (SSSR count). The Labute approximate surface area is 128 Å². The van der Waals surface area contributed by atoms with E-state index in [1.807, 2.05) is 30.3 Å². The Hall–Kier alpha value is -1.42. The quantitative estimate of drug-likeness (QED) is 0.860. The molecular weight excluding hydrogens is 291 g/mol. The molecule has 4 heteroatoms. The highest BCUT2D eigenvalue weighted by Gasteiger charge is 2.30. The summed E-state index contributed by atoms with van der Waals surface area (Å²) in [6.45, 7) is -0.464. The highest BCUT2D eigenvalue weighted by molar-refractivity contribution is 6.30. The summed E-state index contributed by atoms with van der Waals surface area (Å²) in [5, 5.41) is 19.5. The van der Waals surface area contributed by atoms with Crippen molar-refractivity contribution in [2.45, 2.75) is 12.8 Å². The average molecular weight is 309 g/mol. The van der Waals surface area contributed by atoms with E-state index in [4.69, 9.17) is 11.6 Å². The van der Waals surface area contributed by atoms with Crippen molar-refractivity contribution in [3.05, 3.63) is 70.5 Å². The second-order valence-electron chi connectivity index (χ2n) is 5.37. The molecule has 2 nitrogen and oxygen atoms in total. The van der Waals surface area contributed by atoms with E-state index < -0.39 is 11.2 Å². The summed E-state index contributed by atoms with van der Waals surface area (Å²) in [5.74, 6) is -0.487. The van der Waals surface area contributed by atoms with Gasteiger partial charge in [0.15, 0.2) is 0 Å². The summed E-state index contributed by atoms with van der Waals surface area (Å²) in [7, 11) is 0. The molecule has 21 heavy (non-hydrogen) atoms. The van der Waals surface area contributed by atoms with Crippen molar-refractivity contribution in [2.75, 3.05) is 13.2 Å². The minimum Gasteiger partial charge on any atom is -0.396 e. The maximum atomic E-state index is 14.0. The second kappa shape index (κ2) is 7.03. The zero-order chi connectivity index (χ0) is 15.3. The first-order chi connectivity index (χ1) is 10.1. The molecule has 112 valence electrons. The van der Waals surface area contributed by atoms with Crippen LogP contribution in [0.15, 0.2) is 48.5 Å². The first-order valence-electron chi connectivity index (χ1n) is 6.79. The van der Waals surface area contributed by atoms with E-state index in [0.29, 0.717) is 12.0 Å². The third kappa shape index (κ3) is 3.82. The molecule has 0 aromatic heterocycles. The molecule has 0 saturated heterocycles. The molecule has 2 N–H and O–H groups in total. The van der Waals surface area contributed by atoms with Gasteiger partial charge in [-0.1, -0.05) is 54.1 Å². The van der Waals surface area contributed by atoms with Gasteiger partial charge in [0.1, 0.15) is 5.82 Å². The van der Waals surface area contributed by atoms with Gasteiger partial charge in [-0.2, -0.15) is 0 Å². The van der Waals surface area contributed by atoms with Gasteiger partial charge in [0.2, 0.25) is 0 Å². The Morgan fingerprint density at radius 1 is 0.905 bits per heavy atom. The first kappa shape index (κ1) is 16.0. The van der Waals surface area contributed by atoms with Gasteiger partial charge in [-0.05, 0) is 30.0 Å². The molecule has 0 saturated carbocycles. The van der Waals surface area contributed by atoms with Crippen molar-refractivity contribution in [2.24, 2.45) is 5.41 Å². The van der Waals surface area contributed by atoms with Crippen LogP contribution >= 0.6 is 11.6 Å². The Morgan fingerprint density at radius 3 is 2.19 bits per heavy atom. The van der Waals surface area contributed by atoms with Gasteiger partial charge in [-0.15, -0.1) is 0 Å². The molecular formula is C17H18ClFO2. The van der Waals surface area contributed by atoms with E-state index in [0.717, 1.165) is 5.56 Å². The summed E-state index contributed by atoms with van der Waals surface area (Å²) in [4.78, 5) is 0. The predicted molar refractivity (Wildman–Crippen MR) is 81.9 cm³/mol. The van der Waals surface area contributed by atoms with Crippen molar-refractivity contribution >= 4 is 11.6 Å². The Morgan fingerprint density at radius 2 is 1.57 bits per heavy atom. The topological polar surface area (TPSA) is 40.5 Å². The lowest BCUT2D eigenvalue weighted by Crippen LogP contribution is -2.35. The zero-order valence-electron chi connectivity index (χ0n) is 11.6. The third-order valence-corrected chi connectivity index (χ3v) is 3.98. The van der Waals surface area contributed by atoms with E-state index in [1.54, 1.807) is 12.1 Å². The number of benzene rings is 2. The molecule has 2 aromatic rings. The molecule has 0 heterocycles. The number of rotatable bonds is 6. The maximum absolute atomic E-state index is 14.0. The molecule has 0 atom stereocenters. The van der Waals surface area contributed by atoms with Crippen molar-refractivity contribution in [3.63, 3.8) is 0 Å². The van der Waals surface area contributed by atoms with Crippen LogP contribution in [0.3, 0.4) is 0 Å². The van der Waals surface area contributed by atoms with Crippen LogP contribution < -0.4 is 0 Å². The summed E-state index contributed by atoms with van der Waals surface area (Å²) >= 11 is 5.79. The van der Waals surface area contributed by atoms with Crippen molar-refractivity contribution in [1.29, 1.82) is 0 Å². The lowest BCUT2D eigenvalue weighted by atomic mass is 9.78. The van der Waals surface area contributed by atoms with Crippen LogP contribution in [0, 0.1) is 11.2 Å². The van der Waals surface area contributed by atoms with E-state index in [9.17, 15) is 14.6 Å². The average Bonchev–Trinajstić information content (AvgIpc) is 2.52. The van der Waals surface area contributed by atoms with E-state index in [-0.39, 0.29) is 24.7 Å². The highest BCUT2D eigenvalue weighted by atomic mass is 35.5. The van der Waals surface area contributed by atoms with Crippen LogP contribution in [0.1, 0.15) is 11.1 Å². The monoisotopic (exact) mass is 308 g/mol. The minimum absolute atomic E-state index is 0.0528. The van der Waals surface area contributed by atoms with Crippen LogP contribution in [-0.2, 0) is 12.8 Å². The molecule has 0 aliphatic heterocycles. The maximum Gasteiger partial charge on any atom is 0.144 e. The standard InChI is InChI=1S/C17H18ClFO2/c18-15-8-4-7-14(16(15)19)10-17(11-20,12-21)9-13-5-2-1-3-6-13/h1-8,20-21H,9-12H2. The molecule has 0 spiro atoms. The van der Waals surface area contributed by atoms with Gasteiger partial charge in [0.05, 0.1) is 18.2 Å². The Balaban J connectivity index is 2.27. The number of hydrogen-bond donors (Lipinski definition) is 2. The normalized spacial score (nSPS) is 11.6. The van der Waals surface area contributed by atoms with Gasteiger partial charge >= 0.3 is 0 Å². The molecule has 2 aromatic carbocycles. The van der Waals surface area contributed by atoms with Crippen molar-refractivity contribution in [3.8, 4) is 0 Å². The summed E-state index contributed by atoms with van der Waals surface area (Å²) < 4.78 is 14.0. The van der Waals surface area contributed by atoms with Crippen LogP contribution in [0.25, 0.3) is 0 Å². The summed E-state index contributed by atoms with van der Waals surface area (Å²) in [5.41, 5.74) is 0.580. The molecule has 0 amide bonds. The van der Waals surface area contributed by atoms with Gasteiger partial charge in [0, 0.05) is 5.41 Å². The van der Waals surface area contributed by atoms with Gasteiger partial charge < -0.3 is 10.2 Å². The fourth-order valence-electron chi connectivity index (χ4n) is 2.45. The third-order valence-electron chi connectivity index (χ3n) is 3.69. The molecule has 0 unspecified atom stereocenters. The van der Waals surface area contributed by atoms with Crippen LogP contribution in [0.5, 0.6) is 0 Å². The fourth-order valence-corrected chi connectivity index (χ4v) is 2.65. The summed E-state index contributed by atoms with van der Waals surface area (Å²) in [6.07, 6.45) is 0.689. The molecule has 0 radical (unpaired) electrons. The first-order valence-corrected chi connectivity index (χ1v) is 7.16. The largest absolute Gasteiger partial charge is 0.396 e. The van der Waals surface area contributed by atoms with E-state index >= 15 is 0 Å². The van der Waals surface area contributed by atoms with Crippen molar-refractivity contribution < 1.29 is 14.6 Å². The summed E-state index contributed by atoms with van der Waals surface area (Å²) in [6, 6.07) is 14.3. The van der Waals surface area contributed by atoms with E-state index in [1.165, 1.54) is 6.07 Å². The molecule has 0 bridgehead atoms. The fraction of sp³-hybridized carbons (Fsp3) is 0.294. The number of aliphatic hydroxyl groups excluding tert-OH is 2. The van der Waals surface area contributed by atoms with Gasteiger partial charge in [-0.3, -0.25) is 0 Å². The smallest absolute Gasteiger partial charge is 0.144 e. The van der Waals surface area contributed by atoms with Crippen LogP contribution in [-0.4, -0.2) is 23.4 Å². The SMILES string of the molecule is OCC(CO)(Cc1ccccc1)Cc1cccc(Cl)c1F. The predicted octanol–water partition coefficient (Wildman–Crippen LogP) is 3.24. The molecule has 0 aliphatic rings.